The van der Waals surface area contributed by atoms with Crippen molar-refractivity contribution in [3.8, 4) is 0 Å². The van der Waals surface area contributed by atoms with Crippen LogP contribution in [0.5, 0.6) is 0 Å². The number of para-hydroxylation sites is 1. The summed E-state index contributed by atoms with van der Waals surface area (Å²) in [4.78, 5) is 21.6. The van der Waals surface area contributed by atoms with E-state index in [9.17, 15) is 4.79 Å². The summed E-state index contributed by atoms with van der Waals surface area (Å²) < 4.78 is 1.11. The average molecular weight is 353 g/mol. The Morgan fingerprint density at radius 1 is 1.08 bits per heavy atom. The fourth-order valence-electron chi connectivity index (χ4n) is 2.69. The van der Waals surface area contributed by atoms with E-state index in [-0.39, 0.29) is 5.91 Å². The van der Waals surface area contributed by atoms with Gasteiger partial charge in [-0.3, -0.25) is 9.69 Å². The molecule has 1 heterocycles. The maximum Gasteiger partial charge on any atom is 0.233 e. The Balaban J connectivity index is 1.86. The molecule has 0 aliphatic carbocycles. The van der Waals surface area contributed by atoms with Gasteiger partial charge in [-0.2, -0.15) is 0 Å². The van der Waals surface area contributed by atoms with Crippen LogP contribution in [-0.2, 0) is 11.2 Å². The lowest BCUT2D eigenvalue weighted by Crippen LogP contribution is -2.37. The zero-order chi connectivity index (χ0) is 17.8. The number of benzene rings is 2. The Morgan fingerprint density at radius 3 is 2.60 bits per heavy atom. The van der Waals surface area contributed by atoms with E-state index in [1.807, 2.05) is 68.4 Å². The number of aryl methyl sites for hydroxylation is 1. The van der Waals surface area contributed by atoms with Crippen LogP contribution in [0.3, 0.4) is 0 Å². The molecule has 5 heteroatoms. The molecule has 0 saturated carbocycles. The van der Waals surface area contributed by atoms with Crippen molar-refractivity contribution in [2.75, 3.05) is 32.1 Å². The van der Waals surface area contributed by atoms with Gasteiger partial charge in [0.1, 0.15) is 0 Å². The van der Waals surface area contributed by atoms with E-state index in [4.69, 9.17) is 0 Å². The molecule has 0 saturated heterocycles. The second-order valence-corrected chi connectivity index (χ2v) is 7.49. The minimum absolute atomic E-state index is 0.0894. The van der Waals surface area contributed by atoms with E-state index in [2.05, 4.69) is 16.0 Å². The lowest BCUT2D eigenvalue weighted by molar-refractivity contribution is -0.118. The van der Waals surface area contributed by atoms with Gasteiger partial charge < -0.3 is 4.90 Å². The standard InChI is InChI=1S/C20H23N3OS/c1-15-7-6-8-16(13-15)14-19(24)23(12-11-22(2)3)20-21-17-9-4-5-10-18(17)25-20/h4-10,13H,11-12,14H2,1-3H3. The number of anilines is 1. The van der Waals surface area contributed by atoms with Crippen LogP contribution in [0.4, 0.5) is 5.13 Å². The van der Waals surface area contributed by atoms with Crippen LogP contribution in [0.25, 0.3) is 10.2 Å². The lowest BCUT2D eigenvalue weighted by Gasteiger charge is -2.22. The van der Waals surface area contributed by atoms with Gasteiger partial charge in [-0.05, 0) is 38.7 Å². The fraction of sp³-hybridized carbons (Fsp3) is 0.300. The summed E-state index contributed by atoms with van der Waals surface area (Å²) >= 11 is 1.57. The number of carbonyl (C=O) groups excluding carboxylic acids is 1. The third-order valence-electron chi connectivity index (χ3n) is 4.02. The maximum atomic E-state index is 13.0. The smallest absolute Gasteiger partial charge is 0.233 e. The number of rotatable bonds is 6. The Labute approximate surface area is 152 Å². The van der Waals surface area contributed by atoms with Crippen molar-refractivity contribution in [3.63, 3.8) is 0 Å². The van der Waals surface area contributed by atoms with Crippen molar-refractivity contribution in [1.29, 1.82) is 0 Å². The molecule has 3 aromatic rings. The van der Waals surface area contributed by atoms with Gasteiger partial charge in [0.05, 0.1) is 16.6 Å². The molecule has 0 fully saturated rings. The van der Waals surface area contributed by atoms with Gasteiger partial charge in [-0.15, -0.1) is 0 Å². The topological polar surface area (TPSA) is 36.4 Å². The summed E-state index contributed by atoms with van der Waals surface area (Å²) in [5.41, 5.74) is 3.16. The van der Waals surface area contributed by atoms with Crippen molar-refractivity contribution in [2.24, 2.45) is 0 Å². The molecule has 0 atom stereocenters. The van der Waals surface area contributed by atoms with Crippen LogP contribution in [0.2, 0.25) is 0 Å². The Kier molecular flexibility index (Phi) is 5.46. The SMILES string of the molecule is Cc1cccc(CC(=O)N(CCN(C)C)c2nc3ccccc3s2)c1. The van der Waals surface area contributed by atoms with Crippen molar-refractivity contribution in [3.05, 3.63) is 59.7 Å². The van der Waals surface area contributed by atoms with Crippen LogP contribution >= 0.6 is 11.3 Å². The second kappa shape index (κ2) is 7.76. The largest absolute Gasteiger partial charge is 0.308 e. The van der Waals surface area contributed by atoms with Crippen LogP contribution < -0.4 is 4.90 Å². The first-order chi connectivity index (χ1) is 12.0. The number of likely N-dealkylation sites (N-methyl/N-ethyl adjacent to an activating group) is 1. The number of fused-ring (bicyclic) bond motifs is 1. The lowest BCUT2D eigenvalue weighted by atomic mass is 10.1. The molecule has 0 N–H and O–H groups in total. The number of hydrogen-bond acceptors (Lipinski definition) is 4. The van der Waals surface area contributed by atoms with Crippen molar-refractivity contribution in [1.82, 2.24) is 9.88 Å². The van der Waals surface area contributed by atoms with Crippen molar-refractivity contribution < 1.29 is 4.79 Å². The summed E-state index contributed by atoms with van der Waals surface area (Å²) in [7, 11) is 4.03. The molecular weight excluding hydrogens is 330 g/mol. The van der Waals surface area contributed by atoms with Crippen LogP contribution in [0, 0.1) is 6.92 Å². The van der Waals surface area contributed by atoms with E-state index in [0.717, 1.165) is 27.5 Å². The van der Waals surface area contributed by atoms with Gasteiger partial charge in [-0.25, -0.2) is 4.98 Å². The van der Waals surface area contributed by atoms with Crippen LogP contribution in [-0.4, -0.2) is 43.0 Å². The summed E-state index contributed by atoms with van der Waals surface area (Å²) in [5, 5.41) is 0.778. The van der Waals surface area contributed by atoms with Crippen LogP contribution in [0.15, 0.2) is 48.5 Å². The summed E-state index contributed by atoms with van der Waals surface area (Å²) in [6.45, 7) is 3.48. The number of thiazole rings is 1. The van der Waals surface area contributed by atoms with Gasteiger partial charge in [0.2, 0.25) is 5.91 Å². The molecule has 1 aromatic heterocycles. The predicted octanol–water partition coefficient (Wildman–Crippen LogP) is 3.74. The Hall–Kier alpha value is -2.24. The highest BCUT2D eigenvalue weighted by molar-refractivity contribution is 7.22. The summed E-state index contributed by atoms with van der Waals surface area (Å²) in [6, 6.07) is 16.1. The number of hydrogen-bond donors (Lipinski definition) is 0. The molecule has 0 unspecified atom stereocenters. The van der Waals surface area contributed by atoms with E-state index in [0.29, 0.717) is 13.0 Å². The van der Waals surface area contributed by atoms with E-state index in [1.54, 1.807) is 11.3 Å². The predicted molar refractivity (Wildman–Crippen MR) is 105 cm³/mol. The van der Waals surface area contributed by atoms with Gasteiger partial charge in [0, 0.05) is 13.1 Å². The van der Waals surface area contributed by atoms with E-state index >= 15 is 0 Å². The Bertz CT molecular complexity index is 839. The first kappa shape index (κ1) is 17.6. The summed E-state index contributed by atoms with van der Waals surface area (Å²) in [5.74, 6) is 0.0894. The first-order valence-corrected chi connectivity index (χ1v) is 9.21. The Morgan fingerprint density at radius 2 is 1.88 bits per heavy atom. The highest BCUT2D eigenvalue weighted by atomic mass is 32.1. The molecule has 25 heavy (non-hydrogen) atoms. The minimum Gasteiger partial charge on any atom is -0.308 e. The maximum absolute atomic E-state index is 13.0. The molecule has 0 bridgehead atoms. The number of amides is 1. The molecule has 0 spiro atoms. The highest BCUT2D eigenvalue weighted by Crippen LogP contribution is 2.29. The third-order valence-corrected chi connectivity index (χ3v) is 5.08. The zero-order valence-electron chi connectivity index (χ0n) is 14.9. The van der Waals surface area contributed by atoms with E-state index in [1.165, 1.54) is 5.56 Å². The monoisotopic (exact) mass is 353 g/mol. The van der Waals surface area contributed by atoms with Crippen LogP contribution in [0.1, 0.15) is 11.1 Å². The second-order valence-electron chi connectivity index (χ2n) is 6.48. The molecule has 0 radical (unpaired) electrons. The van der Waals surface area contributed by atoms with Crippen molar-refractivity contribution >= 4 is 32.6 Å². The van der Waals surface area contributed by atoms with Gasteiger partial charge in [0.25, 0.3) is 0 Å². The number of aromatic nitrogens is 1. The van der Waals surface area contributed by atoms with Gasteiger partial charge >= 0.3 is 0 Å². The number of carbonyl (C=O) groups is 1. The molecule has 0 aliphatic rings. The molecule has 1 amide bonds. The molecule has 4 nitrogen and oxygen atoms in total. The molecule has 3 rings (SSSR count). The minimum atomic E-state index is 0.0894. The van der Waals surface area contributed by atoms with Gasteiger partial charge in [-0.1, -0.05) is 53.3 Å². The molecule has 130 valence electrons. The zero-order valence-corrected chi connectivity index (χ0v) is 15.7. The number of nitrogens with zero attached hydrogens (tertiary/aromatic N) is 3. The fourth-order valence-corrected chi connectivity index (χ4v) is 3.70. The quantitative estimate of drug-likeness (QED) is 0.677. The normalized spacial score (nSPS) is 11.2. The molecular formula is C20H23N3OS. The molecule has 0 aliphatic heterocycles. The third kappa shape index (κ3) is 4.44. The highest BCUT2D eigenvalue weighted by Gasteiger charge is 2.20. The molecule has 2 aromatic carbocycles. The summed E-state index contributed by atoms with van der Waals surface area (Å²) in [6.07, 6.45) is 0.394. The van der Waals surface area contributed by atoms with Gasteiger partial charge in [0.15, 0.2) is 5.13 Å². The average Bonchev–Trinajstić information content (AvgIpc) is 2.98. The van der Waals surface area contributed by atoms with E-state index < -0.39 is 0 Å². The first-order valence-electron chi connectivity index (χ1n) is 8.39. The van der Waals surface area contributed by atoms with Crippen molar-refractivity contribution in [2.45, 2.75) is 13.3 Å².